The van der Waals surface area contributed by atoms with Crippen molar-refractivity contribution in [3.8, 4) is 0 Å². The number of fused-ring (bicyclic) bond motifs is 1. The molecule has 1 heterocycles. The topological polar surface area (TPSA) is 17.8 Å². The molecule has 3 heteroatoms. The van der Waals surface area contributed by atoms with Crippen molar-refractivity contribution in [3.63, 3.8) is 0 Å². The maximum absolute atomic E-state index is 6.40. The molecule has 0 saturated heterocycles. The average Bonchev–Trinajstić information content (AvgIpc) is 2.91. The van der Waals surface area contributed by atoms with Gasteiger partial charge in [0.25, 0.3) is 0 Å². The lowest BCUT2D eigenvalue weighted by Crippen LogP contribution is -2.17. The van der Waals surface area contributed by atoms with Gasteiger partial charge < -0.3 is 4.57 Å². The van der Waals surface area contributed by atoms with Crippen LogP contribution >= 0.6 is 11.6 Å². The Morgan fingerprint density at radius 3 is 2.65 bits per heavy atom. The third kappa shape index (κ3) is 2.14. The monoisotopic (exact) mass is 290 g/mol. The first-order valence-electron chi connectivity index (χ1n) is 7.61. The summed E-state index contributed by atoms with van der Waals surface area (Å²) in [6.07, 6.45) is 2.53. The molecule has 0 amide bonds. The fourth-order valence-corrected chi connectivity index (χ4v) is 3.71. The van der Waals surface area contributed by atoms with Crippen LogP contribution in [0.5, 0.6) is 0 Å². The molecule has 0 spiro atoms. The number of aryl methyl sites for hydroxylation is 1. The summed E-state index contributed by atoms with van der Waals surface area (Å²) in [4.78, 5) is 4.79. The van der Waals surface area contributed by atoms with Crippen LogP contribution in [0.25, 0.3) is 11.0 Å². The number of halogens is 1. The molecule has 1 aromatic heterocycles. The van der Waals surface area contributed by atoms with E-state index in [1.54, 1.807) is 0 Å². The van der Waals surface area contributed by atoms with Gasteiger partial charge in [-0.25, -0.2) is 4.98 Å². The third-order valence-electron chi connectivity index (χ3n) is 4.98. The van der Waals surface area contributed by atoms with Crippen LogP contribution in [0.4, 0.5) is 0 Å². The molecule has 2 nitrogen and oxygen atoms in total. The van der Waals surface area contributed by atoms with Gasteiger partial charge in [0, 0.05) is 6.04 Å². The quantitative estimate of drug-likeness (QED) is 0.691. The van der Waals surface area contributed by atoms with Gasteiger partial charge in [-0.1, -0.05) is 19.9 Å². The number of alkyl halides is 1. The maximum Gasteiger partial charge on any atom is 0.127 e. The smallest absolute Gasteiger partial charge is 0.127 e. The summed E-state index contributed by atoms with van der Waals surface area (Å²) in [5, 5.41) is -0.0502. The Kier molecular flexibility index (Phi) is 3.53. The molecule has 20 heavy (non-hydrogen) atoms. The number of nitrogens with zero attached hydrogens (tertiary/aromatic N) is 2. The SMILES string of the molecule is Cc1ccc2nc(C(C)Cl)n(C3CCC(C)C3C)c2c1. The van der Waals surface area contributed by atoms with Crippen molar-refractivity contribution in [1.82, 2.24) is 9.55 Å². The van der Waals surface area contributed by atoms with E-state index in [-0.39, 0.29) is 5.38 Å². The fraction of sp³-hybridized carbons (Fsp3) is 0.588. The van der Waals surface area contributed by atoms with Crippen molar-refractivity contribution in [2.45, 2.75) is 52.0 Å². The lowest BCUT2D eigenvalue weighted by atomic mass is 9.97. The second kappa shape index (κ2) is 5.07. The number of aromatic nitrogens is 2. The highest BCUT2D eigenvalue weighted by Crippen LogP contribution is 2.43. The number of rotatable bonds is 2. The predicted octanol–water partition coefficient (Wildman–Crippen LogP) is 5.25. The van der Waals surface area contributed by atoms with Crippen LogP contribution in [0.2, 0.25) is 0 Å². The van der Waals surface area contributed by atoms with E-state index in [0.717, 1.165) is 17.3 Å². The number of imidazole rings is 1. The van der Waals surface area contributed by atoms with Gasteiger partial charge >= 0.3 is 0 Å². The normalized spacial score (nSPS) is 28.1. The van der Waals surface area contributed by atoms with E-state index >= 15 is 0 Å². The van der Waals surface area contributed by atoms with E-state index in [1.807, 2.05) is 6.92 Å². The molecular weight excluding hydrogens is 268 g/mol. The van der Waals surface area contributed by atoms with Crippen LogP contribution in [0.1, 0.15) is 56.4 Å². The summed E-state index contributed by atoms with van der Waals surface area (Å²) in [5.41, 5.74) is 3.61. The van der Waals surface area contributed by atoms with Gasteiger partial charge in [-0.05, 0) is 56.2 Å². The third-order valence-corrected chi connectivity index (χ3v) is 5.18. The highest BCUT2D eigenvalue weighted by atomic mass is 35.5. The lowest BCUT2D eigenvalue weighted by Gasteiger charge is -2.23. The van der Waals surface area contributed by atoms with E-state index < -0.39 is 0 Å². The first-order valence-corrected chi connectivity index (χ1v) is 8.05. The Morgan fingerprint density at radius 2 is 2.05 bits per heavy atom. The van der Waals surface area contributed by atoms with Crippen LogP contribution in [0, 0.1) is 18.8 Å². The van der Waals surface area contributed by atoms with Crippen molar-refractivity contribution in [2.75, 3.05) is 0 Å². The summed E-state index contributed by atoms with van der Waals surface area (Å²) < 4.78 is 2.42. The average molecular weight is 291 g/mol. The minimum Gasteiger partial charge on any atom is -0.323 e. The summed E-state index contributed by atoms with van der Waals surface area (Å²) in [7, 11) is 0. The standard InChI is InChI=1S/C17H23ClN2/c1-10-5-7-14-16(9-10)20(17(19-14)13(4)18)15-8-6-11(2)12(15)3/h5,7,9,11-13,15H,6,8H2,1-4H3. The van der Waals surface area contributed by atoms with Crippen LogP contribution in [0.15, 0.2) is 18.2 Å². The molecule has 4 atom stereocenters. The molecule has 2 aromatic rings. The van der Waals surface area contributed by atoms with Gasteiger partial charge in [-0.2, -0.15) is 0 Å². The molecule has 0 aliphatic heterocycles. The van der Waals surface area contributed by atoms with Crippen molar-refractivity contribution < 1.29 is 0 Å². The van der Waals surface area contributed by atoms with Crippen LogP contribution in [0.3, 0.4) is 0 Å². The molecule has 0 bridgehead atoms. The second-order valence-corrected chi connectivity index (χ2v) is 7.08. The summed E-state index contributed by atoms with van der Waals surface area (Å²) in [6.45, 7) is 8.89. The molecule has 4 unspecified atom stereocenters. The molecule has 1 aliphatic rings. The molecule has 1 fully saturated rings. The van der Waals surface area contributed by atoms with E-state index in [2.05, 4.69) is 43.5 Å². The van der Waals surface area contributed by atoms with Gasteiger partial charge in [0.1, 0.15) is 5.82 Å². The van der Waals surface area contributed by atoms with Crippen LogP contribution in [-0.4, -0.2) is 9.55 Å². The zero-order valence-electron chi connectivity index (χ0n) is 12.7. The van der Waals surface area contributed by atoms with Crippen molar-refractivity contribution in [2.24, 2.45) is 11.8 Å². The van der Waals surface area contributed by atoms with Gasteiger partial charge in [0.2, 0.25) is 0 Å². The number of hydrogen-bond donors (Lipinski definition) is 0. The van der Waals surface area contributed by atoms with E-state index in [9.17, 15) is 0 Å². The molecule has 3 rings (SSSR count). The highest BCUT2D eigenvalue weighted by Gasteiger charge is 2.33. The van der Waals surface area contributed by atoms with Crippen molar-refractivity contribution in [3.05, 3.63) is 29.6 Å². The summed E-state index contributed by atoms with van der Waals surface area (Å²) in [6, 6.07) is 7.03. The molecule has 1 aromatic carbocycles. The van der Waals surface area contributed by atoms with Crippen LogP contribution < -0.4 is 0 Å². The van der Waals surface area contributed by atoms with E-state index in [1.165, 1.54) is 23.9 Å². The number of hydrogen-bond acceptors (Lipinski definition) is 1. The number of benzene rings is 1. The van der Waals surface area contributed by atoms with Gasteiger partial charge in [0.15, 0.2) is 0 Å². The second-order valence-electron chi connectivity index (χ2n) is 6.43. The fourth-order valence-electron chi connectivity index (χ4n) is 3.55. The lowest BCUT2D eigenvalue weighted by molar-refractivity contribution is 0.352. The first kappa shape index (κ1) is 13.9. The summed E-state index contributed by atoms with van der Waals surface area (Å²) in [5.74, 6) is 2.49. The minimum atomic E-state index is -0.0502. The zero-order chi connectivity index (χ0) is 14.4. The Balaban J connectivity index is 2.21. The van der Waals surface area contributed by atoms with Crippen molar-refractivity contribution >= 4 is 22.6 Å². The maximum atomic E-state index is 6.40. The summed E-state index contributed by atoms with van der Waals surface area (Å²) >= 11 is 6.40. The van der Waals surface area contributed by atoms with Crippen molar-refractivity contribution in [1.29, 1.82) is 0 Å². The predicted molar refractivity (Wildman–Crippen MR) is 85.3 cm³/mol. The first-order chi connectivity index (χ1) is 9.49. The molecule has 108 valence electrons. The van der Waals surface area contributed by atoms with Gasteiger partial charge in [-0.3, -0.25) is 0 Å². The Morgan fingerprint density at radius 1 is 1.30 bits per heavy atom. The minimum absolute atomic E-state index is 0.0502. The Hall–Kier alpha value is -1.02. The molecule has 0 N–H and O–H groups in total. The zero-order valence-corrected chi connectivity index (χ0v) is 13.5. The molecular formula is C17H23ClN2. The Bertz CT molecular complexity index is 629. The largest absolute Gasteiger partial charge is 0.323 e. The van der Waals surface area contributed by atoms with E-state index in [4.69, 9.17) is 16.6 Å². The van der Waals surface area contributed by atoms with Crippen LogP contribution in [-0.2, 0) is 0 Å². The molecule has 1 aliphatic carbocycles. The Labute approximate surface area is 126 Å². The van der Waals surface area contributed by atoms with E-state index in [0.29, 0.717) is 12.0 Å². The molecule has 1 saturated carbocycles. The van der Waals surface area contributed by atoms with Gasteiger partial charge in [0.05, 0.1) is 16.4 Å². The van der Waals surface area contributed by atoms with Gasteiger partial charge in [-0.15, -0.1) is 11.6 Å². The molecule has 0 radical (unpaired) electrons. The highest BCUT2D eigenvalue weighted by molar-refractivity contribution is 6.20.